The highest BCUT2D eigenvalue weighted by molar-refractivity contribution is 6.21. The maximum atomic E-state index is 11.3. The van der Waals surface area contributed by atoms with Crippen LogP contribution in [0.25, 0.3) is 0 Å². The monoisotopic (exact) mass is 433 g/mol. The molecule has 3 atom stereocenters. The maximum Gasteiger partial charge on any atom is 0.261 e. The Bertz CT molecular complexity index is 1020. The van der Waals surface area contributed by atoms with Crippen LogP contribution in [0.3, 0.4) is 0 Å². The Hall–Kier alpha value is -2.62. The fourth-order valence-electron chi connectivity index (χ4n) is 6.22. The average molecular weight is 434 g/mol. The molecule has 2 aliphatic carbocycles. The second-order valence-corrected chi connectivity index (χ2v) is 10.4. The number of amides is 2. The van der Waals surface area contributed by atoms with Crippen LogP contribution in [-0.2, 0) is 11.8 Å². The van der Waals surface area contributed by atoms with E-state index >= 15 is 0 Å². The van der Waals surface area contributed by atoms with E-state index < -0.39 is 0 Å². The maximum absolute atomic E-state index is 11.3. The largest absolute Gasteiger partial charge is 0.508 e. The summed E-state index contributed by atoms with van der Waals surface area (Å²) >= 11 is 0. The molecular weight excluding hydrogens is 398 g/mol. The van der Waals surface area contributed by atoms with Gasteiger partial charge < -0.3 is 5.11 Å². The molecular formula is C28H35NO3. The van der Waals surface area contributed by atoms with Gasteiger partial charge in [0.15, 0.2) is 0 Å². The van der Waals surface area contributed by atoms with E-state index in [2.05, 4.69) is 39.8 Å². The fourth-order valence-corrected chi connectivity index (χ4v) is 6.22. The van der Waals surface area contributed by atoms with Crippen LogP contribution in [0.15, 0.2) is 36.4 Å². The molecule has 0 bridgehead atoms. The topological polar surface area (TPSA) is 57.6 Å². The van der Waals surface area contributed by atoms with Crippen LogP contribution in [0.5, 0.6) is 5.75 Å². The predicted octanol–water partition coefficient (Wildman–Crippen LogP) is 6.07. The number of aryl methyl sites for hydroxylation is 1. The van der Waals surface area contributed by atoms with E-state index in [9.17, 15) is 14.7 Å². The minimum absolute atomic E-state index is 0.212. The summed E-state index contributed by atoms with van der Waals surface area (Å²) in [6, 6.07) is 11.2. The molecule has 1 heterocycles. The zero-order valence-corrected chi connectivity index (χ0v) is 19.9. The Labute approximate surface area is 191 Å². The number of fused-ring (bicyclic) bond motifs is 4. The zero-order valence-electron chi connectivity index (χ0n) is 19.9. The minimum atomic E-state index is -0.212. The van der Waals surface area contributed by atoms with E-state index in [1.165, 1.54) is 50.3 Å². The third-order valence-corrected chi connectivity index (χ3v) is 8.07. The molecule has 2 amide bonds. The van der Waals surface area contributed by atoms with Gasteiger partial charge in [0.25, 0.3) is 11.8 Å². The van der Waals surface area contributed by atoms with Crippen molar-refractivity contribution in [2.24, 2.45) is 11.8 Å². The Morgan fingerprint density at radius 2 is 1.69 bits per heavy atom. The van der Waals surface area contributed by atoms with Gasteiger partial charge in [-0.2, -0.15) is 0 Å². The zero-order chi connectivity index (χ0) is 23.2. The van der Waals surface area contributed by atoms with E-state index in [1.54, 1.807) is 24.3 Å². The smallest absolute Gasteiger partial charge is 0.261 e. The van der Waals surface area contributed by atoms with E-state index in [0.29, 0.717) is 22.8 Å². The average Bonchev–Trinajstić information content (AvgIpc) is 2.98. The summed E-state index contributed by atoms with van der Waals surface area (Å²) < 4.78 is 0. The first-order valence-corrected chi connectivity index (χ1v) is 11.9. The van der Waals surface area contributed by atoms with Crippen molar-refractivity contribution >= 4 is 11.8 Å². The summed E-state index contributed by atoms with van der Waals surface area (Å²) in [5.41, 5.74) is 5.37. The lowest BCUT2D eigenvalue weighted by molar-refractivity contribution is 0.0693. The molecule has 2 unspecified atom stereocenters. The Morgan fingerprint density at radius 1 is 1.06 bits per heavy atom. The van der Waals surface area contributed by atoms with Gasteiger partial charge in [-0.05, 0) is 77.3 Å². The standard InChI is InChI=1S/C19H28O.C9H7NO2/c1-12(2)15-10-14-7-8-16-13(3)6-5-9-19(16,4)17(14)11-18(15)20;1-10-8(11)6-4-2-3-5-7(6)9(10)12/h10-13,16,20H,5-9H2,1-4H3;2-5H,1H3/t13?,16?,19-;/m0./s1. The Morgan fingerprint density at radius 3 is 2.28 bits per heavy atom. The molecule has 170 valence electrons. The first-order valence-electron chi connectivity index (χ1n) is 11.9. The highest BCUT2D eigenvalue weighted by Crippen LogP contribution is 2.53. The molecule has 1 aliphatic heterocycles. The van der Waals surface area contributed by atoms with Crippen molar-refractivity contribution in [3.63, 3.8) is 0 Å². The van der Waals surface area contributed by atoms with Crippen molar-refractivity contribution in [1.29, 1.82) is 0 Å². The number of aromatic hydroxyl groups is 1. The van der Waals surface area contributed by atoms with Crippen LogP contribution in [0.2, 0.25) is 0 Å². The molecule has 2 aromatic carbocycles. The lowest BCUT2D eigenvalue weighted by Crippen LogP contribution is -2.43. The summed E-state index contributed by atoms with van der Waals surface area (Å²) in [7, 11) is 1.49. The molecule has 32 heavy (non-hydrogen) atoms. The number of benzene rings is 2. The van der Waals surface area contributed by atoms with Gasteiger partial charge in [0.1, 0.15) is 5.75 Å². The van der Waals surface area contributed by atoms with E-state index in [0.717, 1.165) is 22.3 Å². The number of imide groups is 1. The quantitative estimate of drug-likeness (QED) is 0.556. The Balaban J connectivity index is 0.000000174. The number of phenols is 1. The molecule has 0 radical (unpaired) electrons. The van der Waals surface area contributed by atoms with Gasteiger partial charge in [0, 0.05) is 7.05 Å². The van der Waals surface area contributed by atoms with Crippen molar-refractivity contribution in [2.45, 2.75) is 71.1 Å². The lowest BCUT2D eigenvalue weighted by Gasteiger charge is -2.49. The fraction of sp³-hybridized carbons (Fsp3) is 0.500. The molecule has 0 aromatic heterocycles. The van der Waals surface area contributed by atoms with Gasteiger partial charge in [-0.3, -0.25) is 14.5 Å². The van der Waals surface area contributed by atoms with Crippen LogP contribution in [0, 0.1) is 11.8 Å². The molecule has 1 N–H and O–H groups in total. The van der Waals surface area contributed by atoms with Crippen LogP contribution in [0.4, 0.5) is 0 Å². The molecule has 2 aromatic rings. The summed E-state index contributed by atoms with van der Waals surface area (Å²) in [5.74, 6) is 2.11. The van der Waals surface area contributed by atoms with Crippen LogP contribution < -0.4 is 0 Å². The second-order valence-electron chi connectivity index (χ2n) is 10.4. The third kappa shape index (κ3) is 3.64. The van der Waals surface area contributed by atoms with Crippen molar-refractivity contribution in [3.8, 4) is 5.75 Å². The highest BCUT2D eigenvalue weighted by Gasteiger charge is 2.45. The number of nitrogens with zero attached hydrogens (tertiary/aromatic N) is 1. The van der Waals surface area contributed by atoms with Gasteiger partial charge in [0.05, 0.1) is 11.1 Å². The van der Waals surface area contributed by atoms with Gasteiger partial charge >= 0.3 is 0 Å². The SMILES string of the molecule is CC(C)c1cc2c(cc1O)[C@@]1(C)CCCC(C)C1CC2.CN1C(=O)c2ccccc2C1=O. The van der Waals surface area contributed by atoms with Gasteiger partial charge in [-0.25, -0.2) is 0 Å². The number of carbonyl (C=O) groups excluding carboxylic acids is 2. The normalized spacial score (nSPS) is 26.2. The van der Waals surface area contributed by atoms with Crippen molar-refractivity contribution in [2.75, 3.05) is 7.05 Å². The first-order chi connectivity index (χ1) is 15.1. The van der Waals surface area contributed by atoms with E-state index in [-0.39, 0.29) is 17.2 Å². The molecule has 0 spiro atoms. The summed E-state index contributed by atoms with van der Waals surface area (Å²) in [6.45, 7) is 9.20. The van der Waals surface area contributed by atoms with Gasteiger partial charge in [-0.1, -0.05) is 58.7 Å². The van der Waals surface area contributed by atoms with Crippen LogP contribution >= 0.6 is 0 Å². The summed E-state index contributed by atoms with van der Waals surface area (Å²) in [5, 5.41) is 10.4. The van der Waals surface area contributed by atoms with Crippen LogP contribution in [-0.4, -0.2) is 28.9 Å². The first kappa shape index (κ1) is 22.6. The predicted molar refractivity (Wildman–Crippen MR) is 127 cm³/mol. The van der Waals surface area contributed by atoms with Crippen molar-refractivity contribution < 1.29 is 14.7 Å². The molecule has 1 saturated carbocycles. The molecule has 0 saturated heterocycles. The van der Waals surface area contributed by atoms with Gasteiger partial charge in [0.2, 0.25) is 0 Å². The molecule has 1 fully saturated rings. The number of carbonyl (C=O) groups is 2. The number of hydrogen-bond acceptors (Lipinski definition) is 3. The van der Waals surface area contributed by atoms with Crippen molar-refractivity contribution in [1.82, 2.24) is 4.90 Å². The Kier molecular flexibility index (Phi) is 5.91. The van der Waals surface area contributed by atoms with Crippen molar-refractivity contribution in [3.05, 3.63) is 64.2 Å². The number of phenolic OH excluding ortho intramolecular Hbond substituents is 1. The molecule has 4 nitrogen and oxygen atoms in total. The van der Waals surface area contributed by atoms with E-state index in [1.807, 2.05) is 0 Å². The number of hydrogen-bond donors (Lipinski definition) is 1. The highest BCUT2D eigenvalue weighted by atomic mass is 16.3. The van der Waals surface area contributed by atoms with E-state index in [4.69, 9.17) is 0 Å². The molecule has 5 rings (SSSR count). The second kappa shape index (κ2) is 8.38. The molecule has 3 aliphatic rings. The molecule has 4 heteroatoms. The summed E-state index contributed by atoms with van der Waals surface area (Å²) in [6.07, 6.45) is 6.52. The number of rotatable bonds is 1. The summed E-state index contributed by atoms with van der Waals surface area (Å²) in [4.78, 5) is 23.8. The minimum Gasteiger partial charge on any atom is -0.508 e. The van der Waals surface area contributed by atoms with Crippen LogP contribution in [0.1, 0.15) is 96.7 Å². The third-order valence-electron chi connectivity index (χ3n) is 8.07. The van der Waals surface area contributed by atoms with Gasteiger partial charge in [-0.15, -0.1) is 0 Å². The lowest BCUT2D eigenvalue weighted by atomic mass is 9.55.